The van der Waals surface area contributed by atoms with Crippen LogP contribution < -0.4 is 0 Å². The van der Waals surface area contributed by atoms with Gasteiger partial charge in [0.2, 0.25) is 0 Å². The SMILES string of the molecule is CC(C(=O)OOCc1ccccc1)c1ccc(C#N)c([N+](=O)[O-])c1. The molecule has 2 aromatic rings. The molecule has 0 aromatic heterocycles. The van der Waals surface area contributed by atoms with Gasteiger partial charge in [-0.1, -0.05) is 36.4 Å². The first kappa shape index (κ1) is 17.1. The van der Waals surface area contributed by atoms with Crippen LogP contribution in [0.3, 0.4) is 0 Å². The first-order chi connectivity index (χ1) is 11.5. The number of carbonyl (C=O) groups is 1. The summed E-state index contributed by atoms with van der Waals surface area (Å²) < 4.78 is 0. The highest BCUT2D eigenvalue weighted by molar-refractivity contribution is 5.77. The molecule has 0 bridgehead atoms. The van der Waals surface area contributed by atoms with Crippen LogP contribution in [0.4, 0.5) is 5.69 Å². The van der Waals surface area contributed by atoms with Gasteiger partial charge in [-0.3, -0.25) is 15.0 Å². The topological polar surface area (TPSA) is 102 Å². The highest BCUT2D eigenvalue weighted by atomic mass is 17.2. The van der Waals surface area contributed by atoms with Crippen LogP contribution in [-0.2, 0) is 21.2 Å². The Morgan fingerprint density at radius 3 is 2.62 bits per heavy atom. The summed E-state index contributed by atoms with van der Waals surface area (Å²) in [5.74, 6) is -1.45. The van der Waals surface area contributed by atoms with Gasteiger partial charge in [0.15, 0.2) is 0 Å². The van der Waals surface area contributed by atoms with Gasteiger partial charge in [-0.15, -0.1) is 0 Å². The number of rotatable bonds is 6. The lowest BCUT2D eigenvalue weighted by molar-refractivity contribution is -0.385. The molecule has 2 rings (SSSR count). The van der Waals surface area contributed by atoms with Gasteiger partial charge in [-0.25, -0.2) is 4.79 Å². The molecule has 122 valence electrons. The zero-order valence-electron chi connectivity index (χ0n) is 12.8. The first-order valence-corrected chi connectivity index (χ1v) is 7.08. The molecule has 0 fully saturated rings. The summed E-state index contributed by atoms with van der Waals surface area (Å²) in [4.78, 5) is 32.0. The highest BCUT2D eigenvalue weighted by Gasteiger charge is 2.22. The van der Waals surface area contributed by atoms with Crippen molar-refractivity contribution in [3.8, 4) is 6.07 Å². The lowest BCUT2D eigenvalue weighted by Gasteiger charge is -2.11. The van der Waals surface area contributed by atoms with Crippen molar-refractivity contribution in [1.82, 2.24) is 0 Å². The molecule has 0 amide bonds. The van der Waals surface area contributed by atoms with E-state index in [9.17, 15) is 14.9 Å². The molecule has 0 saturated heterocycles. The Balaban J connectivity index is 2.01. The van der Waals surface area contributed by atoms with Gasteiger partial charge in [-0.05, 0) is 24.1 Å². The lowest BCUT2D eigenvalue weighted by Crippen LogP contribution is -2.14. The molecule has 1 atom stereocenters. The van der Waals surface area contributed by atoms with Crippen LogP contribution in [0, 0.1) is 21.4 Å². The fourth-order valence-electron chi connectivity index (χ4n) is 2.00. The average molecular weight is 326 g/mol. The van der Waals surface area contributed by atoms with Gasteiger partial charge in [0.25, 0.3) is 5.69 Å². The van der Waals surface area contributed by atoms with E-state index in [-0.39, 0.29) is 17.9 Å². The molecule has 0 spiro atoms. The molecule has 0 aliphatic carbocycles. The van der Waals surface area contributed by atoms with E-state index in [4.69, 9.17) is 15.0 Å². The van der Waals surface area contributed by atoms with E-state index in [1.807, 2.05) is 30.3 Å². The maximum absolute atomic E-state index is 12.0. The minimum Gasteiger partial charge on any atom is -0.297 e. The van der Waals surface area contributed by atoms with E-state index in [1.54, 1.807) is 13.0 Å². The van der Waals surface area contributed by atoms with E-state index in [0.717, 1.165) is 5.56 Å². The van der Waals surface area contributed by atoms with Crippen molar-refractivity contribution in [2.45, 2.75) is 19.4 Å². The normalized spacial score (nSPS) is 11.3. The Bertz CT molecular complexity index is 783. The average Bonchev–Trinajstić information content (AvgIpc) is 2.61. The van der Waals surface area contributed by atoms with Gasteiger partial charge in [0.05, 0.1) is 10.8 Å². The summed E-state index contributed by atoms with van der Waals surface area (Å²) in [5.41, 5.74) is 0.797. The van der Waals surface area contributed by atoms with Gasteiger partial charge in [0.1, 0.15) is 18.2 Å². The monoisotopic (exact) mass is 326 g/mol. The number of nitro groups is 1. The predicted molar refractivity (Wildman–Crippen MR) is 83.5 cm³/mol. The van der Waals surface area contributed by atoms with E-state index in [2.05, 4.69) is 0 Å². The molecular formula is C17H14N2O5. The molecule has 0 radical (unpaired) electrons. The molecule has 2 aromatic carbocycles. The van der Waals surface area contributed by atoms with Crippen LogP contribution >= 0.6 is 0 Å². The molecule has 1 unspecified atom stereocenters. The fourth-order valence-corrected chi connectivity index (χ4v) is 2.00. The van der Waals surface area contributed by atoms with E-state index in [0.29, 0.717) is 5.56 Å². The van der Waals surface area contributed by atoms with Crippen LogP contribution in [0.1, 0.15) is 29.5 Å². The van der Waals surface area contributed by atoms with Crippen molar-refractivity contribution >= 4 is 11.7 Å². The summed E-state index contributed by atoms with van der Waals surface area (Å²) in [5, 5.41) is 19.8. The van der Waals surface area contributed by atoms with E-state index >= 15 is 0 Å². The number of hydrogen-bond donors (Lipinski definition) is 0. The smallest absolute Gasteiger partial charge is 0.297 e. The second-order valence-electron chi connectivity index (χ2n) is 5.02. The minimum absolute atomic E-state index is 0.0651. The van der Waals surface area contributed by atoms with Crippen LogP contribution in [0.2, 0.25) is 0 Å². The van der Waals surface area contributed by atoms with Crippen LogP contribution in [0.5, 0.6) is 0 Å². The molecule has 0 aliphatic heterocycles. The van der Waals surface area contributed by atoms with Crippen LogP contribution in [0.15, 0.2) is 48.5 Å². The standard InChI is InChI=1S/C17H14N2O5/c1-12(14-7-8-15(10-18)16(9-14)19(21)22)17(20)24-23-11-13-5-3-2-4-6-13/h2-9,12H,11H2,1H3. The Kier molecular flexibility index (Phi) is 5.60. The van der Waals surface area contributed by atoms with Gasteiger partial charge >= 0.3 is 5.97 Å². The van der Waals surface area contributed by atoms with Crippen LogP contribution in [0.25, 0.3) is 0 Å². The largest absolute Gasteiger partial charge is 0.349 e. The number of benzene rings is 2. The van der Waals surface area contributed by atoms with Crippen molar-refractivity contribution in [3.63, 3.8) is 0 Å². The molecule has 0 aliphatic rings. The Labute approximate surface area is 138 Å². The molecule has 7 heteroatoms. The van der Waals surface area contributed by atoms with Crippen molar-refractivity contribution in [2.24, 2.45) is 0 Å². The maximum atomic E-state index is 12.0. The van der Waals surface area contributed by atoms with Crippen molar-refractivity contribution in [1.29, 1.82) is 5.26 Å². The summed E-state index contributed by atoms with van der Waals surface area (Å²) in [6.45, 7) is 1.64. The minimum atomic E-state index is -0.771. The molecular weight excluding hydrogens is 312 g/mol. The number of hydrogen-bond acceptors (Lipinski definition) is 6. The molecule has 0 saturated carbocycles. The highest BCUT2D eigenvalue weighted by Crippen LogP contribution is 2.25. The molecule has 0 heterocycles. The van der Waals surface area contributed by atoms with Gasteiger partial charge in [-0.2, -0.15) is 10.1 Å². The summed E-state index contributed by atoms with van der Waals surface area (Å²) in [7, 11) is 0. The Hall–Kier alpha value is -3.24. The summed E-state index contributed by atoms with van der Waals surface area (Å²) in [6, 6.07) is 14.9. The quantitative estimate of drug-likeness (QED) is 0.458. The third-order valence-corrected chi connectivity index (χ3v) is 3.40. The number of nitro benzene ring substituents is 1. The van der Waals surface area contributed by atoms with Gasteiger partial charge in [0, 0.05) is 6.07 Å². The van der Waals surface area contributed by atoms with E-state index in [1.165, 1.54) is 18.2 Å². The van der Waals surface area contributed by atoms with Gasteiger partial charge < -0.3 is 0 Å². The lowest BCUT2D eigenvalue weighted by atomic mass is 9.99. The number of nitriles is 1. The number of nitrogens with zero attached hydrogens (tertiary/aromatic N) is 2. The fraction of sp³-hybridized carbons (Fsp3) is 0.176. The van der Waals surface area contributed by atoms with E-state index < -0.39 is 16.8 Å². The summed E-state index contributed by atoms with van der Waals surface area (Å²) >= 11 is 0. The zero-order chi connectivity index (χ0) is 17.5. The third-order valence-electron chi connectivity index (χ3n) is 3.40. The van der Waals surface area contributed by atoms with Crippen molar-refractivity contribution < 1.29 is 19.5 Å². The Morgan fingerprint density at radius 1 is 1.29 bits per heavy atom. The third kappa shape index (κ3) is 4.15. The second kappa shape index (κ2) is 7.85. The first-order valence-electron chi connectivity index (χ1n) is 7.08. The molecule has 24 heavy (non-hydrogen) atoms. The second-order valence-corrected chi connectivity index (χ2v) is 5.02. The zero-order valence-corrected chi connectivity index (χ0v) is 12.8. The van der Waals surface area contributed by atoms with Crippen LogP contribution in [-0.4, -0.2) is 10.9 Å². The maximum Gasteiger partial charge on any atom is 0.349 e. The summed E-state index contributed by atoms with van der Waals surface area (Å²) in [6.07, 6.45) is 0. The number of carbonyl (C=O) groups excluding carboxylic acids is 1. The predicted octanol–water partition coefficient (Wildman–Crippen LogP) is 3.24. The molecule has 7 nitrogen and oxygen atoms in total. The van der Waals surface area contributed by atoms with Crippen molar-refractivity contribution in [2.75, 3.05) is 0 Å². The Morgan fingerprint density at radius 2 is 2.00 bits per heavy atom. The molecule has 0 N–H and O–H groups in total. The van der Waals surface area contributed by atoms with Crippen molar-refractivity contribution in [3.05, 3.63) is 75.3 Å².